The molecule has 1 heterocycles. The quantitative estimate of drug-likeness (QED) is 0.873. The molecule has 2 aromatic rings. The third-order valence-electron chi connectivity index (χ3n) is 1.68. The molecule has 0 amide bonds. The van der Waals surface area contributed by atoms with Crippen LogP contribution in [-0.4, -0.2) is 9.97 Å². The van der Waals surface area contributed by atoms with Gasteiger partial charge in [0.2, 0.25) is 0 Å². The van der Waals surface area contributed by atoms with Crippen molar-refractivity contribution in [2.45, 2.75) is 9.92 Å². The Balaban J connectivity index is 2.26. The van der Waals surface area contributed by atoms with Gasteiger partial charge in [-0.1, -0.05) is 35.5 Å². The molecule has 2 N–H and O–H groups in total. The normalized spacial score (nSPS) is 10.2. The fourth-order valence-corrected chi connectivity index (χ4v) is 2.11. The lowest BCUT2D eigenvalue weighted by Crippen LogP contribution is -1.92. The molecule has 5 heteroatoms. The lowest BCUT2D eigenvalue weighted by atomic mass is 10.4. The highest BCUT2D eigenvalue weighted by Crippen LogP contribution is 2.31. The third-order valence-corrected chi connectivity index (χ3v) is 3.11. The van der Waals surface area contributed by atoms with Crippen LogP contribution in [0.15, 0.2) is 46.6 Å². The SMILES string of the molecule is Nc1cncc(Sc2ccccc2Cl)n1. The first-order valence-corrected chi connectivity index (χ1v) is 5.45. The van der Waals surface area contributed by atoms with Gasteiger partial charge in [-0.05, 0) is 12.1 Å². The largest absolute Gasteiger partial charge is 0.382 e. The number of hydrogen-bond acceptors (Lipinski definition) is 4. The van der Waals surface area contributed by atoms with Crippen molar-refractivity contribution >= 4 is 29.2 Å². The maximum atomic E-state index is 6.01. The summed E-state index contributed by atoms with van der Waals surface area (Å²) >= 11 is 7.46. The number of rotatable bonds is 2. The first kappa shape index (κ1) is 10.3. The number of halogens is 1. The molecule has 3 nitrogen and oxygen atoms in total. The summed E-state index contributed by atoms with van der Waals surface area (Å²) < 4.78 is 0. The van der Waals surface area contributed by atoms with Crippen LogP contribution in [0.1, 0.15) is 0 Å². The molecular weight excluding hydrogens is 230 g/mol. The number of nitrogens with two attached hydrogens (primary N) is 1. The second-order valence-corrected chi connectivity index (χ2v) is 4.28. The number of nitrogen functional groups attached to an aromatic ring is 1. The van der Waals surface area contributed by atoms with Crippen molar-refractivity contribution in [3.05, 3.63) is 41.7 Å². The van der Waals surface area contributed by atoms with E-state index in [1.807, 2.05) is 24.3 Å². The van der Waals surface area contributed by atoms with Gasteiger partial charge in [0.05, 0.1) is 17.4 Å². The van der Waals surface area contributed by atoms with Crippen molar-refractivity contribution < 1.29 is 0 Å². The average Bonchev–Trinajstić information content (AvgIpc) is 2.22. The predicted molar refractivity (Wildman–Crippen MR) is 62.0 cm³/mol. The zero-order chi connectivity index (χ0) is 10.7. The van der Waals surface area contributed by atoms with Crippen molar-refractivity contribution in [3.8, 4) is 0 Å². The van der Waals surface area contributed by atoms with E-state index in [0.29, 0.717) is 10.8 Å². The Kier molecular flexibility index (Phi) is 3.08. The molecule has 1 aromatic heterocycles. The minimum Gasteiger partial charge on any atom is -0.382 e. The van der Waals surface area contributed by atoms with Gasteiger partial charge in [0.1, 0.15) is 10.8 Å². The van der Waals surface area contributed by atoms with Gasteiger partial charge in [-0.3, -0.25) is 4.98 Å². The maximum absolute atomic E-state index is 6.01. The summed E-state index contributed by atoms with van der Waals surface area (Å²) in [5, 5.41) is 1.44. The van der Waals surface area contributed by atoms with E-state index in [9.17, 15) is 0 Å². The lowest BCUT2D eigenvalue weighted by Gasteiger charge is -2.02. The lowest BCUT2D eigenvalue weighted by molar-refractivity contribution is 1.07. The topological polar surface area (TPSA) is 51.8 Å². The summed E-state index contributed by atoms with van der Waals surface area (Å²) in [4.78, 5) is 9.03. The monoisotopic (exact) mass is 237 g/mol. The highest BCUT2D eigenvalue weighted by Gasteiger charge is 2.03. The van der Waals surface area contributed by atoms with Crippen molar-refractivity contribution in [3.63, 3.8) is 0 Å². The molecule has 0 saturated heterocycles. The molecule has 0 spiro atoms. The van der Waals surface area contributed by atoms with Crippen LogP contribution in [0, 0.1) is 0 Å². The van der Waals surface area contributed by atoms with E-state index in [0.717, 1.165) is 9.92 Å². The van der Waals surface area contributed by atoms with E-state index < -0.39 is 0 Å². The van der Waals surface area contributed by atoms with Crippen LogP contribution in [-0.2, 0) is 0 Å². The van der Waals surface area contributed by atoms with Gasteiger partial charge in [0.25, 0.3) is 0 Å². The summed E-state index contributed by atoms with van der Waals surface area (Å²) in [6.07, 6.45) is 3.17. The zero-order valence-corrected chi connectivity index (χ0v) is 9.29. The number of anilines is 1. The summed E-state index contributed by atoms with van der Waals surface area (Å²) in [6.45, 7) is 0. The van der Waals surface area contributed by atoms with E-state index in [1.54, 1.807) is 6.20 Å². The van der Waals surface area contributed by atoms with Crippen LogP contribution in [0.3, 0.4) is 0 Å². The zero-order valence-electron chi connectivity index (χ0n) is 7.72. The number of nitrogens with zero attached hydrogens (tertiary/aromatic N) is 2. The summed E-state index contributed by atoms with van der Waals surface area (Å²) in [6, 6.07) is 7.58. The second kappa shape index (κ2) is 4.51. The van der Waals surface area contributed by atoms with Gasteiger partial charge < -0.3 is 5.73 Å². The van der Waals surface area contributed by atoms with E-state index in [1.165, 1.54) is 18.0 Å². The Bertz CT molecular complexity index is 476. The van der Waals surface area contributed by atoms with E-state index >= 15 is 0 Å². The molecule has 15 heavy (non-hydrogen) atoms. The van der Waals surface area contributed by atoms with E-state index in [4.69, 9.17) is 17.3 Å². The molecule has 0 atom stereocenters. The summed E-state index contributed by atoms with van der Waals surface area (Å²) in [5.74, 6) is 0.409. The average molecular weight is 238 g/mol. The van der Waals surface area contributed by atoms with Crippen molar-refractivity contribution in [2.75, 3.05) is 5.73 Å². The third kappa shape index (κ3) is 2.61. The Labute approximate surface area is 96.7 Å². The first-order valence-electron chi connectivity index (χ1n) is 4.25. The molecule has 2 rings (SSSR count). The van der Waals surface area contributed by atoms with Crippen molar-refractivity contribution in [1.82, 2.24) is 9.97 Å². The number of aromatic nitrogens is 2. The first-order chi connectivity index (χ1) is 7.25. The van der Waals surface area contributed by atoms with E-state index in [2.05, 4.69) is 9.97 Å². The van der Waals surface area contributed by atoms with Gasteiger partial charge >= 0.3 is 0 Å². The molecule has 0 aliphatic rings. The van der Waals surface area contributed by atoms with Crippen LogP contribution < -0.4 is 5.73 Å². The molecule has 0 unspecified atom stereocenters. The van der Waals surface area contributed by atoms with Crippen molar-refractivity contribution in [1.29, 1.82) is 0 Å². The fourth-order valence-electron chi connectivity index (χ4n) is 1.05. The van der Waals surface area contributed by atoms with Gasteiger partial charge in [0.15, 0.2) is 0 Å². The Morgan fingerprint density at radius 3 is 2.73 bits per heavy atom. The molecule has 0 saturated carbocycles. The molecule has 1 aromatic carbocycles. The minimum absolute atomic E-state index is 0.409. The van der Waals surface area contributed by atoms with Crippen LogP contribution >= 0.6 is 23.4 Å². The molecule has 0 aliphatic heterocycles. The van der Waals surface area contributed by atoms with E-state index in [-0.39, 0.29) is 0 Å². The molecular formula is C10H8ClN3S. The Hall–Kier alpha value is -1.26. The predicted octanol–water partition coefficient (Wildman–Crippen LogP) is 2.86. The molecule has 76 valence electrons. The molecule has 0 bridgehead atoms. The van der Waals surface area contributed by atoms with Crippen LogP contribution in [0.25, 0.3) is 0 Å². The second-order valence-electron chi connectivity index (χ2n) is 2.81. The molecule has 0 fully saturated rings. The summed E-state index contributed by atoms with van der Waals surface area (Å²) in [5.41, 5.74) is 5.53. The van der Waals surface area contributed by atoms with Gasteiger partial charge in [-0.2, -0.15) is 0 Å². The number of hydrogen-bond donors (Lipinski definition) is 1. The standard InChI is InChI=1S/C10H8ClN3S/c11-7-3-1-2-4-8(7)15-10-6-13-5-9(12)14-10/h1-6H,(H2,12,14). The van der Waals surface area contributed by atoms with Crippen LogP contribution in [0.5, 0.6) is 0 Å². The smallest absolute Gasteiger partial charge is 0.143 e. The van der Waals surface area contributed by atoms with Crippen molar-refractivity contribution in [2.24, 2.45) is 0 Å². The fraction of sp³-hybridized carbons (Fsp3) is 0. The molecule has 0 aliphatic carbocycles. The number of benzene rings is 1. The highest BCUT2D eigenvalue weighted by atomic mass is 35.5. The van der Waals surface area contributed by atoms with Gasteiger partial charge in [-0.25, -0.2) is 4.98 Å². The molecule has 0 radical (unpaired) electrons. The maximum Gasteiger partial charge on any atom is 0.143 e. The van der Waals surface area contributed by atoms with Crippen LogP contribution in [0.4, 0.5) is 5.82 Å². The highest BCUT2D eigenvalue weighted by molar-refractivity contribution is 7.99. The summed E-state index contributed by atoms with van der Waals surface area (Å²) in [7, 11) is 0. The van der Waals surface area contributed by atoms with Crippen LogP contribution in [0.2, 0.25) is 5.02 Å². The Morgan fingerprint density at radius 2 is 2.00 bits per heavy atom. The van der Waals surface area contributed by atoms with Gasteiger partial charge in [0, 0.05) is 4.90 Å². The van der Waals surface area contributed by atoms with Gasteiger partial charge in [-0.15, -0.1) is 0 Å². The minimum atomic E-state index is 0.409. The Morgan fingerprint density at radius 1 is 1.20 bits per heavy atom.